The zero-order valence-electron chi connectivity index (χ0n) is 16.9. The molecule has 0 spiro atoms. The van der Waals surface area contributed by atoms with Gasteiger partial charge in [-0.15, -0.1) is 0 Å². The van der Waals surface area contributed by atoms with Gasteiger partial charge in [-0.2, -0.15) is 5.10 Å². The molecule has 3 aromatic rings. The summed E-state index contributed by atoms with van der Waals surface area (Å²) in [6.07, 6.45) is 4.34. The number of carbonyl (C=O) groups is 1. The first-order chi connectivity index (χ1) is 14.2. The van der Waals surface area contributed by atoms with Gasteiger partial charge in [0.15, 0.2) is 0 Å². The fraction of sp³-hybridized carbons (Fsp3) is 0.304. The second-order valence-corrected chi connectivity index (χ2v) is 7.27. The van der Waals surface area contributed by atoms with Gasteiger partial charge in [-0.1, -0.05) is 42.5 Å². The molecular formula is C23H26N4O2. The van der Waals surface area contributed by atoms with Gasteiger partial charge in [0.25, 0.3) is 5.91 Å². The monoisotopic (exact) mass is 390 g/mol. The molecule has 0 saturated carbocycles. The van der Waals surface area contributed by atoms with E-state index in [2.05, 4.69) is 34.3 Å². The third-order valence-corrected chi connectivity index (χ3v) is 5.35. The third kappa shape index (κ3) is 4.17. The number of hydrogen-bond donors (Lipinski definition) is 0. The number of methoxy groups -OCH3 is 1. The van der Waals surface area contributed by atoms with Gasteiger partial charge in [0.1, 0.15) is 0 Å². The van der Waals surface area contributed by atoms with Gasteiger partial charge in [-0.05, 0) is 23.8 Å². The molecule has 0 aliphatic carbocycles. The van der Waals surface area contributed by atoms with Gasteiger partial charge in [0, 0.05) is 45.3 Å². The van der Waals surface area contributed by atoms with Crippen molar-refractivity contribution in [2.45, 2.75) is 0 Å². The van der Waals surface area contributed by atoms with Gasteiger partial charge in [0.05, 0.1) is 18.0 Å². The summed E-state index contributed by atoms with van der Waals surface area (Å²) in [6, 6.07) is 15.9. The Labute approximate surface area is 171 Å². The lowest BCUT2D eigenvalue weighted by atomic mass is 10.1. The van der Waals surface area contributed by atoms with Crippen LogP contribution in [0.25, 0.3) is 17.0 Å². The lowest BCUT2D eigenvalue weighted by Gasteiger charge is -2.34. The van der Waals surface area contributed by atoms with Crippen molar-refractivity contribution in [3.63, 3.8) is 0 Å². The Morgan fingerprint density at radius 3 is 2.59 bits per heavy atom. The predicted octanol–water partition coefficient (Wildman–Crippen LogP) is 3.05. The van der Waals surface area contributed by atoms with Crippen LogP contribution >= 0.6 is 0 Å². The second kappa shape index (κ2) is 8.49. The molecule has 150 valence electrons. The number of rotatable bonds is 5. The minimum Gasteiger partial charge on any atom is -0.481 e. The van der Waals surface area contributed by atoms with Crippen molar-refractivity contribution in [3.05, 3.63) is 65.7 Å². The molecule has 1 saturated heterocycles. The van der Waals surface area contributed by atoms with E-state index in [1.807, 2.05) is 48.3 Å². The molecule has 0 unspecified atom stereocenters. The van der Waals surface area contributed by atoms with Crippen LogP contribution in [0.15, 0.2) is 54.6 Å². The number of fused-ring (bicyclic) bond motifs is 1. The lowest BCUT2D eigenvalue weighted by Crippen LogP contribution is -2.48. The number of aromatic nitrogens is 2. The molecule has 29 heavy (non-hydrogen) atoms. The molecule has 0 bridgehead atoms. The van der Waals surface area contributed by atoms with Crippen LogP contribution in [0.3, 0.4) is 0 Å². The van der Waals surface area contributed by atoms with E-state index in [4.69, 9.17) is 4.74 Å². The second-order valence-electron chi connectivity index (χ2n) is 7.27. The number of benzene rings is 2. The molecule has 0 atom stereocenters. The first-order valence-corrected chi connectivity index (χ1v) is 9.89. The van der Waals surface area contributed by atoms with Crippen LogP contribution in [0.1, 0.15) is 15.9 Å². The van der Waals surface area contributed by atoms with E-state index in [0.29, 0.717) is 11.4 Å². The van der Waals surface area contributed by atoms with E-state index in [1.165, 1.54) is 5.56 Å². The van der Waals surface area contributed by atoms with Crippen molar-refractivity contribution in [1.29, 1.82) is 0 Å². The summed E-state index contributed by atoms with van der Waals surface area (Å²) >= 11 is 0. The number of piperazine rings is 1. The predicted molar refractivity (Wildman–Crippen MR) is 115 cm³/mol. The summed E-state index contributed by atoms with van der Waals surface area (Å²) in [5.74, 6) is 0.771. The van der Waals surface area contributed by atoms with Crippen molar-refractivity contribution in [1.82, 2.24) is 19.6 Å². The Morgan fingerprint density at radius 2 is 1.86 bits per heavy atom. The molecule has 1 aliphatic heterocycles. The largest absolute Gasteiger partial charge is 0.481 e. The van der Waals surface area contributed by atoms with Crippen molar-refractivity contribution in [2.24, 2.45) is 7.05 Å². The summed E-state index contributed by atoms with van der Waals surface area (Å²) in [5, 5.41) is 5.37. The van der Waals surface area contributed by atoms with Crippen LogP contribution < -0.4 is 4.74 Å². The van der Waals surface area contributed by atoms with Crippen LogP contribution in [0.2, 0.25) is 0 Å². The van der Waals surface area contributed by atoms with Crippen LogP contribution in [-0.4, -0.2) is 65.3 Å². The van der Waals surface area contributed by atoms with Crippen molar-refractivity contribution >= 4 is 22.9 Å². The van der Waals surface area contributed by atoms with E-state index >= 15 is 0 Å². The van der Waals surface area contributed by atoms with Crippen LogP contribution in [0.5, 0.6) is 5.88 Å². The minimum absolute atomic E-state index is 0.0657. The lowest BCUT2D eigenvalue weighted by molar-refractivity contribution is 0.0650. The molecule has 4 rings (SSSR count). The molecule has 2 aromatic carbocycles. The Morgan fingerprint density at radius 1 is 1.10 bits per heavy atom. The molecule has 0 radical (unpaired) electrons. The molecular weight excluding hydrogens is 364 g/mol. The SMILES string of the molecule is COc1c2ccc(C(=O)N3CCN(CC=Cc4ccccc4)CC3)cc2nn1C. The highest BCUT2D eigenvalue weighted by molar-refractivity contribution is 5.98. The van der Waals surface area contributed by atoms with E-state index in [-0.39, 0.29) is 5.91 Å². The highest BCUT2D eigenvalue weighted by Crippen LogP contribution is 2.25. The number of nitrogens with zero attached hydrogens (tertiary/aromatic N) is 4. The van der Waals surface area contributed by atoms with Crippen molar-refractivity contribution in [2.75, 3.05) is 39.8 Å². The fourth-order valence-corrected chi connectivity index (χ4v) is 3.77. The van der Waals surface area contributed by atoms with E-state index in [0.717, 1.165) is 43.6 Å². The van der Waals surface area contributed by atoms with Gasteiger partial charge >= 0.3 is 0 Å². The van der Waals surface area contributed by atoms with Crippen LogP contribution in [0.4, 0.5) is 0 Å². The first-order valence-electron chi connectivity index (χ1n) is 9.89. The minimum atomic E-state index is 0.0657. The molecule has 6 heteroatoms. The summed E-state index contributed by atoms with van der Waals surface area (Å²) in [6.45, 7) is 4.13. The molecule has 1 aromatic heterocycles. The molecule has 1 amide bonds. The van der Waals surface area contributed by atoms with Crippen molar-refractivity contribution in [3.8, 4) is 5.88 Å². The molecule has 0 N–H and O–H groups in total. The summed E-state index contributed by atoms with van der Waals surface area (Å²) < 4.78 is 7.08. The first kappa shape index (κ1) is 19.2. The number of aryl methyl sites for hydroxylation is 1. The Hall–Kier alpha value is -3.12. The maximum atomic E-state index is 12.9. The topological polar surface area (TPSA) is 50.6 Å². The number of ether oxygens (including phenoxy) is 1. The van der Waals surface area contributed by atoms with Crippen molar-refractivity contribution < 1.29 is 9.53 Å². The summed E-state index contributed by atoms with van der Waals surface area (Å²) in [5.41, 5.74) is 2.67. The van der Waals surface area contributed by atoms with Crippen LogP contribution in [-0.2, 0) is 7.05 Å². The quantitative estimate of drug-likeness (QED) is 0.672. The Kier molecular flexibility index (Phi) is 5.62. The fourth-order valence-electron chi connectivity index (χ4n) is 3.77. The zero-order valence-corrected chi connectivity index (χ0v) is 16.9. The average molecular weight is 390 g/mol. The van der Waals surface area contributed by atoms with Gasteiger partial charge in [-0.25, -0.2) is 4.68 Å². The molecule has 1 aliphatic rings. The highest BCUT2D eigenvalue weighted by atomic mass is 16.5. The Bertz CT molecular complexity index is 1020. The van der Waals surface area contributed by atoms with E-state index in [1.54, 1.807) is 11.8 Å². The van der Waals surface area contributed by atoms with E-state index < -0.39 is 0 Å². The van der Waals surface area contributed by atoms with Crippen LogP contribution in [0, 0.1) is 0 Å². The number of amides is 1. The molecule has 2 heterocycles. The molecule has 6 nitrogen and oxygen atoms in total. The van der Waals surface area contributed by atoms with Gasteiger partial charge in [-0.3, -0.25) is 9.69 Å². The average Bonchev–Trinajstić information content (AvgIpc) is 3.08. The molecule has 1 fully saturated rings. The summed E-state index contributed by atoms with van der Waals surface area (Å²) in [4.78, 5) is 17.2. The maximum Gasteiger partial charge on any atom is 0.254 e. The standard InChI is InChI=1S/C23H26N4O2/c1-25-23(29-2)20-11-10-19(17-21(20)24-25)22(28)27-15-13-26(14-16-27)12-6-9-18-7-4-3-5-8-18/h3-11,17H,12-16H2,1-2H3. The highest BCUT2D eigenvalue weighted by Gasteiger charge is 2.22. The third-order valence-electron chi connectivity index (χ3n) is 5.35. The normalized spacial score (nSPS) is 15.3. The van der Waals surface area contributed by atoms with E-state index in [9.17, 15) is 4.79 Å². The van der Waals surface area contributed by atoms with Gasteiger partial charge < -0.3 is 9.64 Å². The smallest absolute Gasteiger partial charge is 0.254 e. The zero-order chi connectivity index (χ0) is 20.2. The maximum absolute atomic E-state index is 12.9. The summed E-state index contributed by atoms with van der Waals surface area (Å²) in [7, 11) is 3.47. The Balaban J connectivity index is 1.35. The number of carbonyl (C=O) groups excluding carboxylic acids is 1. The van der Waals surface area contributed by atoms with Gasteiger partial charge in [0.2, 0.25) is 5.88 Å². The number of hydrogen-bond acceptors (Lipinski definition) is 4.